The molecule has 2 rings (SSSR count). The van der Waals surface area contributed by atoms with Gasteiger partial charge in [-0.15, -0.1) is 0 Å². The summed E-state index contributed by atoms with van der Waals surface area (Å²) in [6.07, 6.45) is -0.132. The minimum Gasteiger partial charge on any atom is -0.478 e. The van der Waals surface area contributed by atoms with Gasteiger partial charge >= 0.3 is 5.97 Å². The molecular weight excluding hydrogens is 258 g/mol. The molecule has 1 atom stereocenters. The molecule has 0 aliphatic carbocycles. The second-order valence-corrected chi connectivity index (χ2v) is 4.48. The fourth-order valence-corrected chi connectivity index (χ4v) is 2.06. The van der Waals surface area contributed by atoms with Crippen LogP contribution in [0.3, 0.4) is 0 Å². The number of likely N-dealkylation sites (N-methyl/N-ethyl adjacent to an activating group) is 1. The normalized spacial score (nSPS) is 19.1. The Morgan fingerprint density at radius 1 is 1.56 bits per heavy atom. The number of halogens is 1. The zero-order chi connectivity index (χ0) is 13.3. The highest BCUT2D eigenvalue weighted by Gasteiger charge is 2.32. The number of ether oxygens (including phenoxy) is 1. The Morgan fingerprint density at radius 2 is 2.28 bits per heavy atom. The van der Waals surface area contributed by atoms with E-state index in [2.05, 4.69) is 0 Å². The summed E-state index contributed by atoms with van der Waals surface area (Å²) in [5, 5.41) is 9.24. The van der Waals surface area contributed by atoms with Gasteiger partial charge in [-0.25, -0.2) is 4.79 Å². The van der Waals surface area contributed by atoms with Gasteiger partial charge in [0.2, 0.25) is 0 Å². The average Bonchev–Trinajstić information content (AvgIpc) is 2.63. The first-order valence-corrected chi connectivity index (χ1v) is 5.82. The molecule has 1 fully saturated rings. The molecule has 0 bridgehead atoms. The summed E-state index contributed by atoms with van der Waals surface area (Å²) in [4.78, 5) is 24.3. The van der Waals surface area contributed by atoms with Crippen LogP contribution in [0.4, 0.5) is 0 Å². The molecule has 1 heterocycles. The molecule has 1 N–H and O–H groups in total. The second-order valence-electron chi connectivity index (χ2n) is 4.08. The van der Waals surface area contributed by atoms with Crippen LogP contribution in [0.25, 0.3) is 0 Å². The number of carbonyl (C=O) groups excluding carboxylic acids is 1. The molecule has 1 amide bonds. The van der Waals surface area contributed by atoms with E-state index in [1.54, 1.807) is 11.9 Å². The number of likely N-dealkylation sites (tertiary alicyclic amines) is 1. The molecule has 5 nitrogen and oxygen atoms in total. The molecule has 1 saturated heterocycles. The molecule has 1 aliphatic heterocycles. The largest absolute Gasteiger partial charge is 0.478 e. The Hall–Kier alpha value is -1.75. The Labute approximate surface area is 109 Å². The smallest absolute Gasteiger partial charge is 0.339 e. The molecule has 1 aromatic carbocycles. The van der Waals surface area contributed by atoms with Crippen LogP contribution in [0.1, 0.15) is 16.8 Å². The quantitative estimate of drug-likeness (QED) is 0.906. The summed E-state index contributed by atoms with van der Waals surface area (Å²) < 4.78 is 5.48. The van der Waals surface area contributed by atoms with Crippen molar-refractivity contribution in [2.24, 2.45) is 0 Å². The maximum atomic E-state index is 11.7. The van der Waals surface area contributed by atoms with E-state index >= 15 is 0 Å². The zero-order valence-corrected chi connectivity index (χ0v) is 10.5. The zero-order valence-electron chi connectivity index (χ0n) is 9.72. The third kappa shape index (κ3) is 2.26. The van der Waals surface area contributed by atoms with E-state index in [1.165, 1.54) is 18.2 Å². The Bertz CT molecular complexity index is 503. The summed E-state index contributed by atoms with van der Waals surface area (Å²) in [5.74, 6) is -1.24. The van der Waals surface area contributed by atoms with Crippen LogP contribution < -0.4 is 4.74 Å². The Kier molecular flexibility index (Phi) is 3.43. The van der Waals surface area contributed by atoms with Crippen LogP contribution in [0.5, 0.6) is 5.75 Å². The fourth-order valence-electron chi connectivity index (χ4n) is 1.84. The molecule has 0 radical (unpaired) electrons. The van der Waals surface area contributed by atoms with Gasteiger partial charge < -0.3 is 14.7 Å². The number of carboxylic acids is 1. The summed E-state index contributed by atoms with van der Waals surface area (Å²) >= 11 is 5.92. The number of hydrogen-bond donors (Lipinski definition) is 1. The number of carboxylic acid groups (broad SMARTS) is 1. The molecule has 1 unspecified atom stereocenters. The molecule has 1 aliphatic rings. The number of aromatic carboxylic acids is 1. The lowest BCUT2D eigenvalue weighted by molar-refractivity contribution is -0.132. The van der Waals surface area contributed by atoms with Gasteiger partial charge in [0.25, 0.3) is 5.91 Å². The predicted molar refractivity (Wildman–Crippen MR) is 65.1 cm³/mol. The third-order valence-corrected chi connectivity index (χ3v) is 3.13. The number of amides is 1. The number of carbonyl (C=O) groups is 2. The molecule has 1 aromatic rings. The number of para-hydroxylation sites is 1. The van der Waals surface area contributed by atoms with Crippen LogP contribution in [-0.2, 0) is 4.79 Å². The van der Waals surface area contributed by atoms with E-state index in [1.807, 2.05) is 0 Å². The highest BCUT2D eigenvalue weighted by molar-refractivity contribution is 6.32. The third-order valence-electron chi connectivity index (χ3n) is 2.84. The topological polar surface area (TPSA) is 66.8 Å². The number of rotatable bonds is 3. The molecular formula is C12H12ClNO4. The minimum atomic E-state index is -1.13. The van der Waals surface area contributed by atoms with Crippen LogP contribution in [0, 0.1) is 0 Å². The highest BCUT2D eigenvalue weighted by atomic mass is 35.5. The highest BCUT2D eigenvalue weighted by Crippen LogP contribution is 2.31. The predicted octanol–water partition coefficient (Wildman–Crippen LogP) is 1.65. The van der Waals surface area contributed by atoms with Crippen molar-refractivity contribution >= 4 is 23.5 Å². The lowest BCUT2D eigenvalue weighted by Crippen LogP contribution is -2.29. The summed E-state index contributed by atoms with van der Waals surface area (Å²) in [7, 11) is 1.68. The van der Waals surface area contributed by atoms with Gasteiger partial charge in [-0.1, -0.05) is 17.7 Å². The van der Waals surface area contributed by atoms with Crippen molar-refractivity contribution in [1.29, 1.82) is 0 Å². The van der Waals surface area contributed by atoms with E-state index < -0.39 is 12.1 Å². The lowest BCUT2D eigenvalue weighted by Gasteiger charge is -2.15. The van der Waals surface area contributed by atoms with E-state index in [9.17, 15) is 9.59 Å². The maximum Gasteiger partial charge on any atom is 0.339 e. The van der Waals surface area contributed by atoms with Crippen molar-refractivity contribution in [2.75, 3.05) is 13.6 Å². The first-order valence-electron chi connectivity index (χ1n) is 5.44. The van der Waals surface area contributed by atoms with Crippen LogP contribution >= 0.6 is 11.6 Å². The number of hydrogen-bond acceptors (Lipinski definition) is 3. The van der Waals surface area contributed by atoms with Gasteiger partial charge in [0.05, 0.1) is 5.02 Å². The molecule has 0 saturated carbocycles. The SMILES string of the molecule is CN1CCC(Oc2c(Cl)cccc2C(=O)O)C1=O. The first kappa shape index (κ1) is 12.7. The van der Waals surface area contributed by atoms with Crippen molar-refractivity contribution < 1.29 is 19.4 Å². The van der Waals surface area contributed by atoms with Crippen LogP contribution in [0.2, 0.25) is 5.02 Å². The second kappa shape index (κ2) is 4.86. The van der Waals surface area contributed by atoms with E-state index in [-0.39, 0.29) is 22.2 Å². The van der Waals surface area contributed by atoms with Crippen molar-refractivity contribution in [2.45, 2.75) is 12.5 Å². The number of nitrogens with zero attached hydrogens (tertiary/aromatic N) is 1. The van der Waals surface area contributed by atoms with Crippen molar-refractivity contribution in [3.63, 3.8) is 0 Å². The summed E-state index contributed by atoms with van der Waals surface area (Å²) in [6.45, 7) is 0.594. The van der Waals surface area contributed by atoms with E-state index in [4.69, 9.17) is 21.4 Å². The maximum absolute atomic E-state index is 11.7. The molecule has 0 spiro atoms. The van der Waals surface area contributed by atoms with E-state index in [0.29, 0.717) is 13.0 Å². The Balaban J connectivity index is 2.29. The summed E-state index contributed by atoms with van der Waals surface area (Å²) in [5.41, 5.74) is -0.0372. The fraction of sp³-hybridized carbons (Fsp3) is 0.333. The van der Waals surface area contributed by atoms with Gasteiger partial charge in [0.15, 0.2) is 11.9 Å². The van der Waals surface area contributed by atoms with E-state index in [0.717, 1.165) is 0 Å². The minimum absolute atomic E-state index is 0.0372. The molecule has 0 aromatic heterocycles. The monoisotopic (exact) mass is 269 g/mol. The lowest BCUT2D eigenvalue weighted by atomic mass is 10.2. The molecule has 96 valence electrons. The van der Waals surface area contributed by atoms with Gasteiger partial charge in [0, 0.05) is 20.0 Å². The molecule has 6 heteroatoms. The van der Waals surface area contributed by atoms with Gasteiger partial charge in [-0.05, 0) is 12.1 Å². The van der Waals surface area contributed by atoms with Gasteiger partial charge in [-0.3, -0.25) is 4.79 Å². The number of benzene rings is 1. The van der Waals surface area contributed by atoms with Crippen molar-refractivity contribution in [3.8, 4) is 5.75 Å². The van der Waals surface area contributed by atoms with Crippen molar-refractivity contribution in [3.05, 3.63) is 28.8 Å². The van der Waals surface area contributed by atoms with Gasteiger partial charge in [-0.2, -0.15) is 0 Å². The first-order chi connectivity index (χ1) is 8.50. The Morgan fingerprint density at radius 3 is 2.83 bits per heavy atom. The summed E-state index contributed by atoms with van der Waals surface area (Å²) in [6, 6.07) is 4.46. The average molecular weight is 270 g/mol. The van der Waals surface area contributed by atoms with Gasteiger partial charge in [0.1, 0.15) is 5.56 Å². The van der Waals surface area contributed by atoms with Crippen LogP contribution in [-0.4, -0.2) is 41.6 Å². The standard InChI is InChI=1S/C12H12ClNO4/c1-14-6-5-9(11(14)15)18-10-7(12(16)17)3-2-4-8(10)13/h2-4,9H,5-6H2,1H3,(H,16,17). The van der Waals surface area contributed by atoms with Crippen LogP contribution in [0.15, 0.2) is 18.2 Å². The molecule has 18 heavy (non-hydrogen) atoms. The van der Waals surface area contributed by atoms with Crippen molar-refractivity contribution in [1.82, 2.24) is 4.90 Å².